The molecule has 0 bridgehead atoms. The number of aliphatic carboxylic acids is 1. The number of rotatable bonds is 2. The van der Waals surface area contributed by atoms with Crippen LogP contribution in [-0.2, 0) is 11.2 Å². The molecule has 4 nitrogen and oxygen atoms in total. The van der Waals surface area contributed by atoms with Crippen LogP contribution in [-0.4, -0.2) is 20.5 Å². The van der Waals surface area contributed by atoms with Crippen LogP contribution in [0.15, 0.2) is 16.9 Å². The van der Waals surface area contributed by atoms with E-state index >= 15 is 0 Å². The molecular formula is C11H11BrN2O2. The van der Waals surface area contributed by atoms with E-state index in [1.807, 2.05) is 18.2 Å². The minimum absolute atomic E-state index is 0.0159. The highest BCUT2D eigenvalue weighted by Gasteiger charge is 2.16. The zero-order chi connectivity index (χ0) is 11.9. The standard InChI is InChI=1S/C11H11BrN2O2/c1-6-8(5-9(15)16)14-4-3-13-7(2)11(14)10(6)12/h3-4H,5H2,1-2H3,(H,15,16). The quantitative estimate of drug-likeness (QED) is 0.920. The number of carboxylic acids is 1. The Labute approximate surface area is 101 Å². The van der Waals surface area contributed by atoms with E-state index in [0.29, 0.717) is 0 Å². The summed E-state index contributed by atoms with van der Waals surface area (Å²) < 4.78 is 2.81. The maximum atomic E-state index is 10.8. The summed E-state index contributed by atoms with van der Waals surface area (Å²) in [5, 5.41) is 8.89. The summed E-state index contributed by atoms with van der Waals surface area (Å²) in [5.41, 5.74) is 3.57. The van der Waals surface area contributed by atoms with Crippen molar-refractivity contribution < 1.29 is 9.90 Å². The third kappa shape index (κ3) is 1.61. The second-order valence-electron chi connectivity index (χ2n) is 3.69. The number of fused-ring (bicyclic) bond motifs is 1. The van der Waals surface area contributed by atoms with Gasteiger partial charge in [0.2, 0.25) is 0 Å². The van der Waals surface area contributed by atoms with E-state index in [0.717, 1.165) is 26.9 Å². The maximum absolute atomic E-state index is 10.8. The Balaban J connectivity index is 2.79. The Bertz CT molecular complexity index is 575. The number of halogens is 1. The van der Waals surface area contributed by atoms with Gasteiger partial charge in [-0.05, 0) is 35.3 Å². The number of aromatic nitrogens is 2. The van der Waals surface area contributed by atoms with E-state index in [1.54, 1.807) is 12.4 Å². The summed E-state index contributed by atoms with van der Waals surface area (Å²) in [6, 6.07) is 0. The number of carbonyl (C=O) groups is 1. The minimum atomic E-state index is -0.829. The molecule has 2 rings (SSSR count). The molecule has 0 aromatic carbocycles. The molecule has 2 aromatic rings. The van der Waals surface area contributed by atoms with Crippen LogP contribution in [0, 0.1) is 13.8 Å². The van der Waals surface area contributed by atoms with Crippen LogP contribution in [0.3, 0.4) is 0 Å². The van der Waals surface area contributed by atoms with Crippen molar-refractivity contribution >= 4 is 27.4 Å². The Morgan fingerprint density at radius 3 is 2.88 bits per heavy atom. The third-order valence-electron chi connectivity index (χ3n) is 2.65. The lowest BCUT2D eigenvalue weighted by atomic mass is 10.2. The average molecular weight is 283 g/mol. The van der Waals surface area contributed by atoms with Crippen LogP contribution in [0.25, 0.3) is 5.52 Å². The molecule has 0 unspecified atom stereocenters. The second kappa shape index (κ2) is 3.90. The number of carboxylic acid groups (broad SMARTS) is 1. The summed E-state index contributed by atoms with van der Waals surface area (Å²) in [6.45, 7) is 3.82. The molecular weight excluding hydrogens is 272 g/mol. The molecule has 0 saturated heterocycles. The van der Waals surface area contributed by atoms with E-state index in [-0.39, 0.29) is 6.42 Å². The van der Waals surface area contributed by atoms with Crippen molar-refractivity contribution in [3.05, 3.63) is 33.8 Å². The highest BCUT2D eigenvalue weighted by atomic mass is 79.9. The Kier molecular flexibility index (Phi) is 2.71. The van der Waals surface area contributed by atoms with Gasteiger partial charge in [-0.3, -0.25) is 9.78 Å². The molecule has 0 atom stereocenters. The molecule has 2 aromatic heterocycles. The molecule has 2 heterocycles. The van der Waals surface area contributed by atoms with E-state index in [2.05, 4.69) is 20.9 Å². The predicted octanol–water partition coefficient (Wildman–Crippen LogP) is 2.34. The molecule has 0 aliphatic rings. The summed E-state index contributed by atoms with van der Waals surface area (Å²) in [4.78, 5) is 15.0. The fourth-order valence-corrected chi connectivity index (χ4v) is 2.56. The number of aryl methyl sites for hydroxylation is 1. The summed E-state index contributed by atoms with van der Waals surface area (Å²) >= 11 is 3.49. The highest BCUT2D eigenvalue weighted by molar-refractivity contribution is 9.10. The van der Waals surface area contributed by atoms with Crippen molar-refractivity contribution in [2.75, 3.05) is 0 Å². The number of hydrogen-bond donors (Lipinski definition) is 1. The normalized spacial score (nSPS) is 10.9. The van der Waals surface area contributed by atoms with Gasteiger partial charge in [0.1, 0.15) is 0 Å². The fourth-order valence-electron chi connectivity index (χ4n) is 1.86. The molecule has 0 amide bonds. The number of nitrogens with zero attached hydrogens (tertiary/aromatic N) is 2. The van der Waals surface area contributed by atoms with Crippen LogP contribution in [0.4, 0.5) is 0 Å². The van der Waals surface area contributed by atoms with Crippen molar-refractivity contribution in [1.29, 1.82) is 0 Å². The van der Waals surface area contributed by atoms with E-state index in [4.69, 9.17) is 5.11 Å². The van der Waals surface area contributed by atoms with Gasteiger partial charge in [-0.1, -0.05) is 0 Å². The van der Waals surface area contributed by atoms with Crippen LogP contribution in [0.5, 0.6) is 0 Å². The molecule has 0 aliphatic carbocycles. The summed E-state index contributed by atoms with van der Waals surface area (Å²) in [6.07, 6.45) is 3.49. The monoisotopic (exact) mass is 282 g/mol. The predicted molar refractivity (Wildman–Crippen MR) is 63.7 cm³/mol. The third-order valence-corrected chi connectivity index (χ3v) is 3.62. The van der Waals surface area contributed by atoms with Gasteiger partial charge in [-0.25, -0.2) is 0 Å². The molecule has 0 radical (unpaired) electrons. The Hall–Kier alpha value is -1.36. The summed E-state index contributed by atoms with van der Waals surface area (Å²) in [5.74, 6) is -0.829. The molecule has 16 heavy (non-hydrogen) atoms. The topological polar surface area (TPSA) is 54.6 Å². The van der Waals surface area contributed by atoms with Gasteiger partial charge in [0.05, 0.1) is 17.6 Å². The lowest BCUT2D eigenvalue weighted by Gasteiger charge is -2.02. The molecule has 5 heteroatoms. The molecule has 0 spiro atoms. The Morgan fingerprint density at radius 1 is 1.56 bits per heavy atom. The van der Waals surface area contributed by atoms with Crippen molar-refractivity contribution in [2.24, 2.45) is 0 Å². The Morgan fingerprint density at radius 2 is 2.25 bits per heavy atom. The van der Waals surface area contributed by atoms with Crippen molar-refractivity contribution in [3.63, 3.8) is 0 Å². The van der Waals surface area contributed by atoms with Crippen molar-refractivity contribution in [1.82, 2.24) is 9.38 Å². The first-order chi connectivity index (χ1) is 7.52. The van der Waals surface area contributed by atoms with Gasteiger partial charge in [-0.15, -0.1) is 0 Å². The molecule has 0 aliphatic heterocycles. The first kappa shape index (κ1) is 11.1. The van der Waals surface area contributed by atoms with Crippen LogP contribution in [0.1, 0.15) is 17.0 Å². The largest absolute Gasteiger partial charge is 0.481 e. The molecule has 1 N–H and O–H groups in total. The van der Waals surface area contributed by atoms with Gasteiger partial charge < -0.3 is 9.51 Å². The van der Waals surface area contributed by atoms with Crippen LogP contribution in [0.2, 0.25) is 0 Å². The van der Waals surface area contributed by atoms with Gasteiger partial charge in [0.15, 0.2) is 0 Å². The molecule has 84 valence electrons. The van der Waals surface area contributed by atoms with E-state index in [1.165, 1.54) is 0 Å². The van der Waals surface area contributed by atoms with Gasteiger partial charge in [-0.2, -0.15) is 0 Å². The zero-order valence-corrected chi connectivity index (χ0v) is 10.6. The van der Waals surface area contributed by atoms with E-state index < -0.39 is 5.97 Å². The average Bonchev–Trinajstić information content (AvgIpc) is 2.44. The number of hydrogen-bond acceptors (Lipinski definition) is 2. The lowest BCUT2D eigenvalue weighted by molar-refractivity contribution is -0.136. The van der Waals surface area contributed by atoms with Crippen LogP contribution < -0.4 is 0 Å². The molecule has 0 saturated carbocycles. The maximum Gasteiger partial charge on any atom is 0.309 e. The smallest absolute Gasteiger partial charge is 0.309 e. The van der Waals surface area contributed by atoms with Crippen molar-refractivity contribution in [3.8, 4) is 0 Å². The minimum Gasteiger partial charge on any atom is -0.481 e. The van der Waals surface area contributed by atoms with Gasteiger partial charge in [0, 0.05) is 22.6 Å². The first-order valence-electron chi connectivity index (χ1n) is 4.84. The van der Waals surface area contributed by atoms with Gasteiger partial charge in [0.25, 0.3) is 0 Å². The molecule has 0 fully saturated rings. The van der Waals surface area contributed by atoms with E-state index in [9.17, 15) is 4.79 Å². The van der Waals surface area contributed by atoms with Gasteiger partial charge >= 0.3 is 5.97 Å². The van der Waals surface area contributed by atoms with Crippen molar-refractivity contribution in [2.45, 2.75) is 20.3 Å². The SMILES string of the molecule is Cc1c(Br)c2c(C)nccn2c1CC(=O)O. The highest BCUT2D eigenvalue weighted by Crippen LogP contribution is 2.29. The summed E-state index contributed by atoms with van der Waals surface area (Å²) in [7, 11) is 0. The fraction of sp³-hybridized carbons (Fsp3) is 0.273. The zero-order valence-electron chi connectivity index (χ0n) is 8.99. The van der Waals surface area contributed by atoms with Crippen LogP contribution >= 0.6 is 15.9 Å². The first-order valence-corrected chi connectivity index (χ1v) is 5.64. The lowest BCUT2D eigenvalue weighted by Crippen LogP contribution is -2.05. The second-order valence-corrected chi connectivity index (χ2v) is 4.48.